The Bertz CT molecular complexity index is 644. The summed E-state index contributed by atoms with van der Waals surface area (Å²) >= 11 is 1.38. The first kappa shape index (κ1) is 16.8. The molecule has 2 fully saturated rings. The van der Waals surface area contributed by atoms with Crippen LogP contribution in [0.3, 0.4) is 0 Å². The Morgan fingerprint density at radius 3 is 2.54 bits per heavy atom. The molecule has 24 heavy (non-hydrogen) atoms. The molecule has 1 aliphatic heterocycles. The number of hydrogen-bond acceptors (Lipinski definition) is 4. The second-order valence-corrected chi connectivity index (χ2v) is 7.68. The van der Waals surface area contributed by atoms with E-state index in [2.05, 4.69) is 10.7 Å². The number of carbonyl (C=O) groups is 3. The fourth-order valence-electron chi connectivity index (χ4n) is 3.17. The zero-order valence-electron chi connectivity index (χ0n) is 13.6. The second kappa shape index (κ2) is 6.84. The molecule has 1 saturated heterocycles. The van der Waals surface area contributed by atoms with Crippen LogP contribution in [0.4, 0.5) is 4.79 Å². The third-order valence-electron chi connectivity index (χ3n) is 4.52. The Balaban J connectivity index is 1.63. The summed E-state index contributed by atoms with van der Waals surface area (Å²) in [5.41, 5.74) is 1.66. The van der Waals surface area contributed by atoms with Gasteiger partial charge in [-0.05, 0) is 31.9 Å². The number of thioether (sulfide) groups is 1. The van der Waals surface area contributed by atoms with E-state index in [4.69, 9.17) is 0 Å². The van der Waals surface area contributed by atoms with Crippen molar-refractivity contribution in [3.05, 3.63) is 30.3 Å². The molecule has 1 saturated carbocycles. The van der Waals surface area contributed by atoms with E-state index >= 15 is 0 Å². The van der Waals surface area contributed by atoms with Gasteiger partial charge < -0.3 is 5.32 Å². The van der Waals surface area contributed by atoms with Gasteiger partial charge in [0.1, 0.15) is 5.54 Å². The summed E-state index contributed by atoms with van der Waals surface area (Å²) in [5, 5.41) is 3.22. The van der Waals surface area contributed by atoms with Crippen molar-refractivity contribution < 1.29 is 14.4 Å². The minimum Gasteiger partial charge on any atom is -0.322 e. The highest BCUT2D eigenvalue weighted by atomic mass is 32.2. The smallest absolute Gasteiger partial charge is 0.322 e. The minimum atomic E-state index is -0.821. The molecule has 4 amide bonds. The molecule has 128 valence electrons. The maximum atomic E-state index is 12.6. The van der Waals surface area contributed by atoms with Crippen molar-refractivity contribution in [3.8, 4) is 0 Å². The zero-order valence-corrected chi connectivity index (χ0v) is 14.4. The van der Waals surface area contributed by atoms with Crippen LogP contribution >= 0.6 is 11.8 Å². The first-order valence-corrected chi connectivity index (χ1v) is 9.09. The van der Waals surface area contributed by atoms with Crippen LogP contribution in [-0.2, 0) is 9.59 Å². The van der Waals surface area contributed by atoms with Crippen molar-refractivity contribution in [2.75, 3.05) is 0 Å². The molecule has 0 aromatic heterocycles. The zero-order chi connectivity index (χ0) is 17.2. The van der Waals surface area contributed by atoms with Gasteiger partial charge in [-0.25, -0.2) is 4.79 Å². The third-order valence-corrected chi connectivity index (χ3v) is 5.63. The molecule has 0 bridgehead atoms. The highest BCUT2D eigenvalue weighted by Gasteiger charge is 2.52. The van der Waals surface area contributed by atoms with Crippen molar-refractivity contribution in [1.29, 1.82) is 0 Å². The monoisotopic (exact) mass is 347 g/mol. The van der Waals surface area contributed by atoms with E-state index in [1.54, 1.807) is 6.92 Å². The van der Waals surface area contributed by atoms with E-state index < -0.39 is 16.8 Å². The molecule has 3 rings (SSSR count). The Morgan fingerprint density at radius 2 is 1.88 bits per heavy atom. The van der Waals surface area contributed by atoms with Crippen LogP contribution in [0.1, 0.15) is 39.0 Å². The summed E-state index contributed by atoms with van der Waals surface area (Å²) in [7, 11) is 0. The number of hydrazine groups is 1. The summed E-state index contributed by atoms with van der Waals surface area (Å²) < 4.78 is 0. The molecular formula is C17H21N3O3S. The molecule has 1 atom stereocenters. The fourth-order valence-corrected chi connectivity index (χ4v) is 4.06. The number of nitrogens with one attached hydrogen (secondary N) is 2. The van der Waals surface area contributed by atoms with Crippen molar-refractivity contribution in [1.82, 2.24) is 15.8 Å². The molecule has 2 aliphatic rings. The van der Waals surface area contributed by atoms with E-state index in [0.717, 1.165) is 29.2 Å². The number of urea groups is 1. The number of carbonyl (C=O) groups excluding carboxylic acids is 3. The van der Waals surface area contributed by atoms with Crippen molar-refractivity contribution in [2.24, 2.45) is 0 Å². The highest BCUT2D eigenvalue weighted by Crippen LogP contribution is 2.33. The maximum Gasteiger partial charge on any atom is 0.344 e. The molecule has 1 spiro atoms. The molecule has 1 unspecified atom stereocenters. The summed E-state index contributed by atoms with van der Waals surface area (Å²) in [5.74, 6) is -0.697. The largest absolute Gasteiger partial charge is 0.344 e. The second-order valence-electron chi connectivity index (χ2n) is 6.26. The number of hydrogen-bond donors (Lipinski definition) is 2. The number of nitrogens with zero attached hydrogens (tertiary/aromatic N) is 1. The molecular weight excluding hydrogens is 326 g/mol. The van der Waals surface area contributed by atoms with Crippen LogP contribution in [0.2, 0.25) is 0 Å². The van der Waals surface area contributed by atoms with Crippen LogP contribution < -0.4 is 10.7 Å². The lowest BCUT2D eigenvalue weighted by Gasteiger charge is -2.30. The number of rotatable bonds is 4. The average Bonchev–Trinajstić information content (AvgIpc) is 2.80. The maximum absolute atomic E-state index is 12.6. The van der Waals surface area contributed by atoms with Gasteiger partial charge in [0.2, 0.25) is 0 Å². The Hall–Kier alpha value is -2.02. The van der Waals surface area contributed by atoms with Crippen LogP contribution in [0.15, 0.2) is 35.2 Å². The van der Waals surface area contributed by atoms with Gasteiger partial charge in [0, 0.05) is 4.90 Å². The number of imide groups is 1. The Labute approximate surface area is 145 Å². The normalized spacial score (nSPS) is 20.8. The van der Waals surface area contributed by atoms with E-state index in [1.165, 1.54) is 11.8 Å². The Morgan fingerprint density at radius 1 is 1.21 bits per heavy atom. The molecule has 1 heterocycles. The highest BCUT2D eigenvalue weighted by molar-refractivity contribution is 8.00. The van der Waals surface area contributed by atoms with Crippen molar-refractivity contribution in [2.45, 2.75) is 54.7 Å². The van der Waals surface area contributed by atoms with Gasteiger partial charge in [0.25, 0.3) is 11.8 Å². The molecule has 6 nitrogen and oxygen atoms in total. The topological polar surface area (TPSA) is 78.5 Å². The lowest BCUT2D eigenvalue weighted by atomic mass is 9.82. The van der Waals surface area contributed by atoms with Gasteiger partial charge in [0.05, 0.1) is 5.25 Å². The molecule has 1 aromatic carbocycles. The number of benzene rings is 1. The molecule has 1 aromatic rings. The molecule has 2 N–H and O–H groups in total. The van der Waals surface area contributed by atoms with Gasteiger partial charge in [-0.2, -0.15) is 5.01 Å². The van der Waals surface area contributed by atoms with Gasteiger partial charge >= 0.3 is 6.03 Å². The standard InChI is InChI=1S/C17H21N3O3S/c1-12(24-13-8-4-2-5-9-13)14(21)19-20-15(22)17(18-16(20)23)10-6-3-7-11-17/h2,4-5,8-9,12H,3,6-7,10-11H2,1H3,(H,18,23)(H,19,21). The minimum absolute atomic E-state index is 0.336. The third kappa shape index (κ3) is 3.26. The van der Waals surface area contributed by atoms with Crippen molar-refractivity contribution >= 4 is 29.6 Å². The van der Waals surface area contributed by atoms with Gasteiger partial charge in [-0.15, -0.1) is 11.8 Å². The van der Waals surface area contributed by atoms with E-state index in [0.29, 0.717) is 12.8 Å². The summed E-state index contributed by atoms with van der Waals surface area (Å²) in [6.07, 6.45) is 4.17. The van der Waals surface area contributed by atoms with Crippen LogP contribution in [0.25, 0.3) is 0 Å². The van der Waals surface area contributed by atoms with Gasteiger partial charge in [-0.3, -0.25) is 15.0 Å². The first-order valence-electron chi connectivity index (χ1n) is 8.21. The Kier molecular flexibility index (Phi) is 4.80. The predicted molar refractivity (Wildman–Crippen MR) is 91.1 cm³/mol. The van der Waals surface area contributed by atoms with Gasteiger partial charge in [-0.1, -0.05) is 37.5 Å². The van der Waals surface area contributed by atoms with E-state index in [1.807, 2.05) is 30.3 Å². The first-order chi connectivity index (χ1) is 11.5. The molecule has 0 radical (unpaired) electrons. The van der Waals surface area contributed by atoms with Gasteiger partial charge in [0.15, 0.2) is 0 Å². The number of amides is 4. The van der Waals surface area contributed by atoms with Crippen LogP contribution in [-0.4, -0.2) is 33.6 Å². The average molecular weight is 347 g/mol. The summed E-state index contributed by atoms with van der Waals surface area (Å²) in [6.45, 7) is 1.75. The van der Waals surface area contributed by atoms with Crippen LogP contribution in [0, 0.1) is 0 Å². The quantitative estimate of drug-likeness (QED) is 0.648. The summed E-state index contributed by atoms with van der Waals surface area (Å²) in [4.78, 5) is 38.1. The predicted octanol–water partition coefficient (Wildman–Crippen LogP) is 2.45. The SMILES string of the molecule is CC(Sc1ccccc1)C(=O)NN1C(=O)NC2(CCCCC2)C1=O. The molecule has 1 aliphatic carbocycles. The van der Waals surface area contributed by atoms with E-state index in [9.17, 15) is 14.4 Å². The molecule has 7 heteroatoms. The fraction of sp³-hybridized carbons (Fsp3) is 0.471. The van der Waals surface area contributed by atoms with Crippen molar-refractivity contribution in [3.63, 3.8) is 0 Å². The van der Waals surface area contributed by atoms with E-state index in [-0.39, 0.29) is 11.8 Å². The lowest BCUT2D eigenvalue weighted by molar-refractivity contribution is -0.139. The lowest BCUT2D eigenvalue weighted by Crippen LogP contribution is -2.52. The van der Waals surface area contributed by atoms with Crippen LogP contribution in [0.5, 0.6) is 0 Å². The summed E-state index contributed by atoms with van der Waals surface area (Å²) in [6, 6.07) is 9.01.